The average molecular weight is 396 g/mol. The van der Waals surface area contributed by atoms with E-state index in [4.69, 9.17) is 11.6 Å². The van der Waals surface area contributed by atoms with Gasteiger partial charge in [0.1, 0.15) is 5.69 Å². The number of nitrogens with zero attached hydrogens (tertiary/aromatic N) is 2. The van der Waals surface area contributed by atoms with Crippen LogP contribution in [-0.2, 0) is 0 Å². The SMILES string of the molecule is CC(C)N1CCC(NC(=O)c2cc3ccccc3n2-c2ccc(Cl)cc2)CC1. The van der Waals surface area contributed by atoms with E-state index in [0.29, 0.717) is 16.8 Å². The van der Waals surface area contributed by atoms with Crippen LogP contribution >= 0.6 is 11.6 Å². The Morgan fingerprint density at radius 1 is 1.07 bits per heavy atom. The zero-order chi connectivity index (χ0) is 19.7. The van der Waals surface area contributed by atoms with Gasteiger partial charge in [-0.15, -0.1) is 0 Å². The predicted molar refractivity (Wildman–Crippen MR) is 115 cm³/mol. The van der Waals surface area contributed by atoms with Gasteiger partial charge in [-0.3, -0.25) is 4.79 Å². The predicted octanol–water partition coefficient (Wildman–Crippen LogP) is 4.89. The summed E-state index contributed by atoms with van der Waals surface area (Å²) in [5, 5.41) is 5.00. The lowest BCUT2D eigenvalue weighted by atomic mass is 10.0. The largest absolute Gasteiger partial charge is 0.348 e. The molecule has 0 radical (unpaired) electrons. The fourth-order valence-electron chi connectivity index (χ4n) is 4.01. The summed E-state index contributed by atoms with van der Waals surface area (Å²) in [4.78, 5) is 15.7. The fraction of sp³-hybridized carbons (Fsp3) is 0.348. The lowest BCUT2D eigenvalue weighted by Crippen LogP contribution is -2.46. The number of piperidine rings is 1. The van der Waals surface area contributed by atoms with Gasteiger partial charge in [0, 0.05) is 41.3 Å². The first-order valence-electron chi connectivity index (χ1n) is 9.94. The van der Waals surface area contributed by atoms with Gasteiger partial charge in [0.15, 0.2) is 0 Å². The van der Waals surface area contributed by atoms with Crippen LogP contribution in [0.2, 0.25) is 5.02 Å². The molecule has 1 saturated heterocycles. The number of carbonyl (C=O) groups is 1. The molecule has 4 nitrogen and oxygen atoms in total. The fourth-order valence-corrected chi connectivity index (χ4v) is 4.14. The van der Waals surface area contributed by atoms with E-state index in [1.807, 2.05) is 59.2 Å². The van der Waals surface area contributed by atoms with Crippen molar-refractivity contribution < 1.29 is 4.79 Å². The number of rotatable bonds is 4. The molecular weight excluding hydrogens is 370 g/mol. The number of nitrogens with one attached hydrogen (secondary N) is 1. The van der Waals surface area contributed by atoms with E-state index in [9.17, 15) is 4.79 Å². The summed E-state index contributed by atoms with van der Waals surface area (Å²) in [6.45, 7) is 6.51. The summed E-state index contributed by atoms with van der Waals surface area (Å²) >= 11 is 6.06. The minimum atomic E-state index is -0.0193. The first kappa shape index (κ1) is 19.0. The van der Waals surface area contributed by atoms with Crippen molar-refractivity contribution in [3.05, 3.63) is 65.3 Å². The van der Waals surface area contributed by atoms with Crippen LogP contribution in [0.25, 0.3) is 16.6 Å². The molecule has 0 spiro atoms. The lowest BCUT2D eigenvalue weighted by molar-refractivity contribution is 0.0894. The number of halogens is 1. The van der Waals surface area contributed by atoms with Gasteiger partial charge in [0.25, 0.3) is 5.91 Å². The zero-order valence-electron chi connectivity index (χ0n) is 16.4. The Bertz CT molecular complexity index is 969. The van der Waals surface area contributed by atoms with E-state index in [-0.39, 0.29) is 11.9 Å². The van der Waals surface area contributed by atoms with Crippen molar-refractivity contribution >= 4 is 28.4 Å². The first-order valence-corrected chi connectivity index (χ1v) is 10.3. The van der Waals surface area contributed by atoms with Crippen LogP contribution in [0.5, 0.6) is 0 Å². The first-order chi connectivity index (χ1) is 13.5. The number of hydrogen-bond acceptors (Lipinski definition) is 2. The molecule has 0 aliphatic carbocycles. The zero-order valence-corrected chi connectivity index (χ0v) is 17.1. The van der Waals surface area contributed by atoms with Crippen LogP contribution in [0.3, 0.4) is 0 Å². The number of hydrogen-bond donors (Lipinski definition) is 1. The standard InChI is InChI=1S/C23H26ClN3O/c1-16(2)26-13-11-19(12-14-26)25-23(28)22-15-17-5-3-4-6-21(17)27(22)20-9-7-18(24)8-10-20/h3-10,15-16,19H,11-14H2,1-2H3,(H,25,28). The van der Waals surface area contributed by atoms with Gasteiger partial charge in [-0.2, -0.15) is 0 Å². The van der Waals surface area contributed by atoms with E-state index in [0.717, 1.165) is 42.5 Å². The maximum absolute atomic E-state index is 13.2. The molecule has 146 valence electrons. The summed E-state index contributed by atoms with van der Waals surface area (Å²) in [6.07, 6.45) is 1.98. The molecule has 2 aromatic carbocycles. The number of likely N-dealkylation sites (tertiary alicyclic amines) is 1. The third-order valence-electron chi connectivity index (χ3n) is 5.62. The highest BCUT2D eigenvalue weighted by atomic mass is 35.5. The third-order valence-corrected chi connectivity index (χ3v) is 5.88. The maximum atomic E-state index is 13.2. The normalized spacial score (nSPS) is 16.0. The van der Waals surface area contributed by atoms with E-state index in [1.165, 1.54) is 0 Å². The molecule has 0 bridgehead atoms. The van der Waals surface area contributed by atoms with Crippen molar-refractivity contribution in [2.45, 2.75) is 38.8 Å². The van der Waals surface area contributed by atoms with E-state index >= 15 is 0 Å². The van der Waals surface area contributed by atoms with Crippen LogP contribution in [0.4, 0.5) is 0 Å². The summed E-state index contributed by atoms with van der Waals surface area (Å²) in [6, 6.07) is 18.5. The molecule has 1 amide bonds. The lowest BCUT2D eigenvalue weighted by Gasteiger charge is -2.34. The Hall–Kier alpha value is -2.30. The number of fused-ring (bicyclic) bond motifs is 1. The van der Waals surface area contributed by atoms with Gasteiger partial charge in [0.05, 0.1) is 5.52 Å². The van der Waals surface area contributed by atoms with E-state index in [2.05, 4.69) is 24.1 Å². The highest BCUT2D eigenvalue weighted by Crippen LogP contribution is 2.26. The van der Waals surface area contributed by atoms with Crippen molar-refractivity contribution in [1.29, 1.82) is 0 Å². The maximum Gasteiger partial charge on any atom is 0.268 e. The number of amides is 1. The number of carbonyl (C=O) groups excluding carboxylic acids is 1. The average Bonchev–Trinajstić information content (AvgIpc) is 3.09. The number of aromatic nitrogens is 1. The summed E-state index contributed by atoms with van der Waals surface area (Å²) < 4.78 is 2.02. The highest BCUT2D eigenvalue weighted by molar-refractivity contribution is 6.30. The van der Waals surface area contributed by atoms with Crippen LogP contribution in [0, 0.1) is 0 Å². The molecule has 3 aromatic rings. The quantitative estimate of drug-likeness (QED) is 0.683. The second-order valence-electron chi connectivity index (χ2n) is 7.78. The molecule has 2 heterocycles. The molecule has 1 aromatic heterocycles. The molecule has 1 aliphatic heterocycles. The molecule has 4 rings (SSSR count). The van der Waals surface area contributed by atoms with Gasteiger partial charge in [-0.25, -0.2) is 0 Å². The molecule has 1 aliphatic rings. The second kappa shape index (κ2) is 7.98. The Kier molecular flexibility index (Phi) is 5.42. The van der Waals surface area contributed by atoms with Crippen LogP contribution < -0.4 is 5.32 Å². The monoisotopic (exact) mass is 395 g/mol. The van der Waals surface area contributed by atoms with Crippen LogP contribution in [0.15, 0.2) is 54.6 Å². The minimum Gasteiger partial charge on any atom is -0.348 e. The Balaban J connectivity index is 1.62. The molecule has 5 heteroatoms. The smallest absolute Gasteiger partial charge is 0.268 e. The minimum absolute atomic E-state index is 0.0193. The second-order valence-corrected chi connectivity index (χ2v) is 8.21. The Morgan fingerprint density at radius 2 is 1.75 bits per heavy atom. The molecule has 0 unspecified atom stereocenters. The van der Waals surface area contributed by atoms with E-state index in [1.54, 1.807) is 0 Å². The molecule has 0 atom stereocenters. The highest BCUT2D eigenvalue weighted by Gasteiger charge is 2.24. The van der Waals surface area contributed by atoms with Gasteiger partial charge in [0.2, 0.25) is 0 Å². The van der Waals surface area contributed by atoms with Gasteiger partial charge >= 0.3 is 0 Å². The van der Waals surface area contributed by atoms with Crippen molar-refractivity contribution in [3.8, 4) is 5.69 Å². The number of benzene rings is 2. The number of para-hydroxylation sites is 1. The molecule has 0 saturated carbocycles. The van der Waals surface area contributed by atoms with Gasteiger partial charge in [-0.05, 0) is 63.1 Å². The summed E-state index contributed by atoms with van der Waals surface area (Å²) in [5.74, 6) is -0.0193. The topological polar surface area (TPSA) is 37.3 Å². The Labute approximate surface area is 171 Å². The van der Waals surface area contributed by atoms with Crippen LogP contribution in [-0.4, -0.2) is 40.5 Å². The molecule has 1 fully saturated rings. The summed E-state index contributed by atoms with van der Waals surface area (Å²) in [5.41, 5.74) is 2.62. The van der Waals surface area contributed by atoms with Gasteiger partial charge in [-0.1, -0.05) is 29.8 Å². The van der Waals surface area contributed by atoms with Gasteiger partial charge < -0.3 is 14.8 Å². The van der Waals surface area contributed by atoms with E-state index < -0.39 is 0 Å². The van der Waals surface area contributed by atoms with Crippen molar-refractivity contribution in [2.75, 3.05) is 13.1 Å². The van der Waals surface area contributed by atoms with Crippen molar-refractivity contribution in [2.24, 2.45) is 0 Å². The van der Waals surface area contributed by atoms with Crippen molar-refractivity contribution in [3.63, 3.8) is 0 Å². The summed E-state index contributed by atoms with van der Waals surface area (Å²) in [7, 11) is 0. The van der Waals surface area contributed by atoms with Crippen LogP contribution in [0.1, 0.15) is 37.2 Å². The Morgan fingerprint density at radius 3 is 2.43 bits per heavy atom. The third kappa shape index (κ3) is 3.80. The molecule has 1 N–H and O–H groups in total. The molecular formula is C23H26ClN3O. The van der Waals surface area contributed by atoms with Crippen molar-refractivity contribution in [1.82, 2.24) is 14.8 Å². The molecule has 28 heavy (non-hydrogen) atoms.